The van der Waals surface area contributed by atoms with Crippen molar-refractivity contribution in [3.8, 4) is 0 Å². The maximum atomic E-state index is 6.27. The van der Waals surface area contributed by atoms with E-state index in [4.69, 9.17) is 10.3 Å². The topological polar surface area (TPSA) is 64.9 Å². The summed E-state index contributed by atoms with van der Waals surface area (Å²) >= 11 is 0. The molecule has 0 saturated heterocycles. The van der Waals surface area contributed by atoms with Gasteiger partial charge in [0, 0.05) is 6.42 Å². The molecule has 0 saturated carbocycles. The average Bonchev–Trinajstić information content (AvgIpc) is 2.87. The molecule has 0 amide bonds. The largest absolute Gasteiger partial charge is 0.339 e. The fraction of sp³-hybridized carbons (Fsp3) is 0.429. The molecule has 1 aromatic heterocycles. The number of hydrogen-bond donors (Lipinski definition) is 1. The molecule has 0 bridgehead atoms. The first-order valence-electron chi connectivity index (χ1n) is 6.27. The van der Waals surface area contributed by atoms with E-state index >= 15 is 0 Å². The van der Waals surface area contributed by atoms with Crippen LogP contribution in [0.25, 0.3) is 0 Å². The third kappa shape index (κ3) is 2.96. The molecule has 2 aromatic rings. The van der Waals surface area contributed by atoms with Gasteiger partial charge in [-0.25, -0.2) is 0 Å². The Balaban J connectivity index is 2.03. The molecule has 96 valence electrons. The molecular formula is C14H19N3O. The van der Waals surface area contributed by atoms with Crippen LogP contribution in [0.5, 0.6) is 0 Å². The van der Waals surface area contributed by atoms with Gasteiger partial charge in [-0.15, -0.1) is 0 Å². The summed E-state index contributed by atoms with van der Waals surface area (Å²) in [6, 6.07) is 10.3. The Morgan fingerprint density at radius 3 is 2.61 bits per heavy atom. The van der Waals surface area contributed by atoms with E-state index in [1.165, 1.54) is 5.56 Å². The quantitative estimate of drug-likeness (QED) is 0.878. The van der Waals surface area contributed by atoms with Crippen LogP contribution in [0, 0.1) is 0 Å². The van der Waals surface area contributed by atoms with Gasteiger partial charge in [-0.2, -0.15) is 4.98 Å². The molecule has 0 aliphatic heterocycles. The van der Waals surface area contributed by atoms with Crippen molar-refractivity contribution >= 4 is 0 Å². The second-order valence-electron chi connectivity index (χ2n) is 4.77. The lowest BCUT2D eigenvalue weighted by Gasteiger charge is -2.20. The van der Waals surface area contributed by atoms with Gasteiger partial charge in [0.1, 0.15) is 0 Å². The van der Waals surface area contributed by atoms with Crippen LogP contribution in [0.15, 0.2) is 34.9 Å². The lowest BCUT2D eigenvalue weighted by atomic mass is 9.93. The van der Waals surface area contributed by atoms with Gasteiger partial charge in [0.25, 0.3) is 0 Å². The Labute approximate surface area is 107 Å². The molecule has 18 heavy (non-hydrogen) atoms. The third-order valence-corrected chi connectivity index (χ3v) is 3.06. The van der Waals surface area contributed by atoms with Crippen molar-refractivity contribution in [3.05, 3.63) is 47.6 Å². The fourth-order valence-corrected chi connectivity index (χ4v) is 1.79. The summed E-state index contributed by atoms with van der Waals surface area (Å²) < 4.78 is 5.11. The molecule has 1 unspecified atom stereocenters. The summed E-state index contributed by atoms with van der Waals surface area (Å²) in [7, 11) is 0. The number of rotatable bonds is 5. The monoisotopic (exact) mass is 245 g/mol. The van der Waals surface area contributed by atoms with E-state index < -0.39 is 5.54 Å². The second kappa shape index (κ2) is 5.31. The predicted octanol–water partition coefficient (Wildman–Crippen LogP) is 2.44. The first-order chi connectivity index (χ1) is 8.62. The predicted molar refractivity (Wildman–Crippen MR) is 70.0 cm³/mol. The molecule has 4 nitrogen and oxygen atoms in total. The van der Waals surface area contributed by atoms with Gasteiger partial charge in [-0.05, 0) is 25.3 Å². The molecular weight excluding hydrogens is 226 g/mol. The first-order valence-corrected chi connectivity index (χ1v) is 6.27. The van der Waals surface area contributed by atoms with Crippen molar-refractivity contribution in [1.82, 2.24) is 10.1 Å². The van der Waals surface area contributed by atoms with Crippen LogP contribution in [0.4, 0.5) is 0 Å². The second-order valence-corrected chi connectivity index (χ2v) is 4.77. The minimum atomic E-state index is -0.549. The smallest absolute Gasteiger partial charge is 0.226 e. The van der Waals surface area contributed by atoms with Crippen LogP contribution < -0.4 is 5.73 Å². The van der Waals surface area contributed by atoms with Gasteiger partial charge in [-0.1, -0.05) is 42.4 Å². The molecule has 4 heteroatoms. The Hall–Kier alpha value is -1.68. The summed E-state index contributed by atoms with van der Waals surface area (Å²) in [4.78, 5) is 4.31. The van der Waals surface area contributed by atoms with Crippen molar-refractivity contribution in [3.63, 3.8) is 0 Å². The zero-order chi connectivity index (χ0) is 13.0. The number of aryl methyl sites for hydroxylation is 2. The number of nitrogens with zero attached hydrogens (tertiary/aromatic N) is 2. The van der Waals surface area contributed by atoms with Crippen LogP contribution in [0.1, 0.15) is 37.5 Å². The summed E-state index contributed by atoms with van der Waals surface area (Å²) in [6.07, 6.45) is 2.44. The molecule has 0 aliphatic carbocycles. The van der Waals surface area contributed by atoms with E-state index in [2.05, 4.69) is 22.3 Å². The maximum absolute atomic E-state index is 6.27. The Bertz CT molecular complexity index is 491. The summed E-state index contributed by atoms with van der Waals surface area (Å²) in [5, 5.41) is 3.96. The minimum absolute atomic E-state index is 0.549. The lowest BCUT2D eigenvalue weighted by molar-refractivity contribution is 0.350. The minimum Gasteiger partial charge on any atom is -0.339 e. The Morgan fingerprint density at radius 1 is 1.28 bits per heavy atom. The van der Waals surface area contributed by atoms with Crippen molar-refractivity contribution in [2.45, 2.75) is 38.6 Å². The highest BCUT2D eigenvalue weighted by atomic mass is 16.5. The Morgan fingerprint density at radius 2 is 2.00 bits per heavy atom. The maximum Gasteiger partial charge on any atom is 0.226 e. The van der Waals surface area contributed by atoms with Crippen LogP contribution in [0.2, 0.25) is 0 Å². The van der Waals surface area contributed by atoms with Crippen molar-refractivity contribution in [2.24, 2.45) is 5.73 Å². The van der Waals surface area contributed by atoms with Crippen molar-refractivity contribution in [2.75, 3.05) is 0 Å². The van der Waals surface area contributed by atoms with E-state index in [1.807, 2.05) is 32.0 Å². The van der Waals surface area contributed by atoms with Gasteiger partial charge < -0.3 is 10.3 Å². The van der Waals surface area contributed by atoms with Crippen molar-refractivity contribution in [1.29, 1.82) is 0 Å². The lowest BCUT2D eigenvalue weighted by Crippen LogP contribution is -2.35. The molecule has 0 aliphatic rings. The average molecular weight is 245 g/mol. The van der Waals surface area contributed by atoms with Gasteiger partial charge in [0.15, 0.2) is 5.82 Å². The molecule has 0 fully saturated rings. The van der Waals surface area contributed by atoms with Crippen LogP contribution in [-0.2, 0) is 18.4 Å². The van der Waals surface area contributed by atoms with E-state index in [1.54, 1.807) is 0 Å². The molecule has 2 N–H and O–H groups in total. The van der Waals surface area contributed by atoms with Gasteiger partial charge in [0.05, 0.1) is 5.54 Å². The number of benzene rings is 1. The zero-order valence-corrected chi connectivity index (χ0v) is 10.9. The highest BCUT2D eigenvalue weighted by molar-refractivity contribution is 5.16. The zero-order valence-electron chi connectivity index (χ0n) is 10.9. The number of nitrogens with two attached hydrogens (primary N) is 1. The van der Waals surface area contributed by atoms with E-state index in [-0.39, 0.29) is 0 Å². The molecule has 1 heterocycles. The van der Waals surface area contributed by atoms with Crippen LogP contribution in [0.3, 0.4) is 0 Å². The Kier molecular flexibility index (Phi) is 3.77. The van der Waals surface area contributed by atoms with Gasteiger partial charge >= 0.3 is 0 Å². The van der Waals surface area contributed by atoms with Crippen molar-refractivity contribution < 1.29 is 4.52 Å². The molecule has 0 spiro atoms. The summed E-state index contributed by atoms with van der Waals surface area (Å²) in [5.41, 5.74) is 6.99. The van der Waals surface area contributed by atoms with E-state index in [0.717, 1.165) is 19.3 Å². The summed E-state index contributed by atoms with van der Waals surface area (Å²) in [6.45, 7) is 3.93. The van der Waals surface area contributed by atoms with Gasteiger partial charge in [0.2, 0.25) is 5.89 Å². The van der Waals surface area contributed by atoms with Gasteiger partial charge in [-0.3, -0.25) is 0 Å². The fourth-order valence-electron chi connectivity index (χ4n) is 1.79. The first kappa shape index (κ1) is 12.8. The highest BCUT2D eigenvalue weighted by Gasteiger charge is 2.26. The normalized spacial score (nSPS) is 14.4. The molecule has 0 radical (unpaired) electrons. The third-order valence-electron chi connectivity index (χ3n) is 3.06. The van der Waals surface area contributed by atoms with Crippen LogP contribution >= 0.6 is 0 Å². The number of aromatic nitrogens is 2. The van der Waals surface area contributed by atoms with E-state index in [9.17, 15) is 0 Å². The molecule has 1 atom stereocenters. The number of hydrogen-bond acceptors (Lipinski definition) is 4. The highest BCUT2D eigenvalue weighted by Crippen LogP contribution is 2.21. The SMILES string of the molecule is CCc1nc(C(C)(N)CCc2ccccc2)no1. The summed E-state index contributed by atoms with van der Waals surface area (Å²) in [5.74, 6) is 1.23. The molecule has 2 rings (SSSR count). The van der Waals surface area contributed by atoms with E-state index in [0.29, 0.717) is 11.7 Å². The standard InChI is InChI=1S/C14H19N3O/c1-3-12-16-13(17-18-12)14(2,15)10-9-11-7-5-4-6-8-11/h4-8H,3,9-10,15H2,1-2H3. The molecule has 1 aromatic carbocycles. The van der Waals surface area contributed by atoms with Crippen LogP contribution in [-0.4, -0.2) is 10.1 Å².